The molecule has 0 N–H and O–H groups in total. The summed E-state index contributed by atoms with van der Waals surface area (Å²) in [5.74, 6) is 0.255. The van der Waals surface area contributed by atoms with E-state index in [1.54, 1.807) is 18.2 Å². The molecule has 0 unspecified atom stereocenters. The zero-order valence-corrected chi connectivity index (χ0v) is 11.3. The third kappa shape index (κ3) is 3.05. The van der Waals surface area contributed by atoms with E-state index in [2.05, 4.69) is 4.74 Å². The van der Waals surface area contributed by atoms with E-state index in [-0.39, 0.29) is 11.5 Å². The minimum absolute atomic E-state index is 0.000116. The second-order valence-corrected chi connectivity index (χ2v) is 4.80. The van der Waals surface area contributed by atoms with E-state index in [1.165, 1.54) is 24.3 Å². The number of carbonyl (C=O) groups excluding carboxylic acids is 1. The van der Waals surface area contributed by atoms with Gasteiger partial charge in [0.05, 0.1) is 12.2 Å². The number of benzene rings is 2. The third-order valence-electron chi connectivity index (χ3n) is 3.29. The molecule has 114 valence electrons. The summed E-state index contributed by atoms with van der Waals surface area (Å²) in [5.41, 5.74) is 1.92. The molecule has 0 saturated carbocycles. The Bertz CT molecular complexity index is 706. The smallest absolute Gasteiger partial charge is 0.492 e. The molecule has 0 fully saturated rings. The van der Waals surface area contributed by atoms with Crippen molar-refractivity contribution in [2.45, 2.75) is 12.8 Å². The highest BCUT2D eigenvalue weighted by Gasteiger charge is 2.31. The van der Waals surface area contributed by atoms with E-state index in [9.17, 15) is 18.0 Å². The molecule has 22 heavy (non-hydrogen) atoms. The lowest BCUT2D eigenvalue weighted by atomic mass is 9.98. The average molecular weight is 308 g/mol. The minimum Gasteiger partial charge on any atom is -0.492 e. The van der Waals surface area contributed by atoms with Crippen LogP contribution in [-0.4, -0.2) is 18.8 Å². The van der Waals surface area contributed by atoms with Gasteiger partial charge in [0.1, 0.15) is 11.5 Å². The average Bonchev–Trinajstić information content (AvgIpc) is 2.47. The summed E-state index contributed by atoms with van der Waals surface area (Å²) in [6.45, 7) is 0.370. The molecule has 3 nitrogen and oxygen atoms in total. The largest absolute Gasteiger partial charge is 0.573 e. The monoisotopic (exact) mass is 308 g/mol. The summed E-state index contributed by atoms with van der Waals surface area (Å²) in [5, 5.41) is 0. The van der Waals surface area contributed by atoms with Crippen molar-refractivity contribution < 1.29 is 27.4 Å². The van der Waals surface area contributed by atoms with Gasteiger partial charge in [-0.25, -0.2) is 0 Å². The predicted molar refractivity (Wildman–Crippen MR) is 73.0 cm³/mol. The fourth-order valence-electron chi connectivity index (χ4n) is 2.29. The van der Waals surface area contributed by atoms with Gasteiger partial charge in [-0.05, 0) is 35.4 Å². The van der Waals surface area contributed by atoms with E-state index >= 15 is 0 Å². The van der Waals surface area contributed by atoms with Crippen molar-refractivity contribution in [2.24, 2.45) is 0 Å². The number of Topliss-reactive ketones (excluding diaryl/α,β-unsaturated/α-hetero) is 1. The number of fused-ring (bicyclic) bond motifs is 1. The fraction of sp³-hybridized carbons (Fsp3) is 0.188. The molecule has 6 heteroatoms. The van der Waals surface area contributed by atoms with Crippen LogP contribution in [0.1, 0.15) is 16.8 Å². The molecule has 0 aliphatic carbocycles. The van der Waals surface area contributed by atoms with Crippen LogP contribution in [0.2, 0.25) is 0 Å². The number of hydrogen-bond acceptors (Lipinski definition) is 3. The van der Waals surface area contributed by atoms with E-state index in [0.717, 1.165) is 5.56 Å². The van der Waals surface area contributed by atoms with Crippen molar-refractivity contribution >= 4 is 5.78 Å². The predicted octanol–water partition coefficient (Wildman–Crippen LogP) is 4.22. The van der Waals surface area contributed by atoms with Gasteiger partial charge >= 0.3 is 6.36 Å². The lowest BCUT2D eigenvalue weighted by molar-refractivity contribution is -0.274. The highest BCUT2D eigenvalue weighted by atomic mass is 19.4. The Morgan fingerprint density at radius 2 is 1.68 bits per heavy atom. The topological polar surface area (TPSA) is 35.5 Å². The molecule has 3 rings (SSSR count). The maximum absolute atomic E-state index is 12.1. The SMILES string of the molecule is O=C1CCOc2ccc(-c3ccc(OC(F)(F)F)cc3)cc21. The van der Waals surface area contributed by atoms with Gasteiger partial charge in [0.2, 0.25) is 0 Å². The second-order valence-electron chi connectivity index (χ2n) is 4.80. The molecule has 0 radical (unpaired) electrons. The molecule has 0 atom stereocenters. The van der Waals surface area contributed by atoms with Gasteiger partial charge < -0.3 is 9.47 Å². The summed E-state index contributed by atoms with van der Waals surface area (Å²) in [6, 6.07) is 10.6. The standard InChI is InChI=1S/C16H11F3O3/c17-16(18,19)22-12-4-1-10(2-5-12)11-3-6-15-13(9-11)14(20)7-8-21-15/h1-6,9H,7-8H2. The number of ether oxygens (including phenoxy) is 2. The molecule has 2 aromatic carbocycles. The molecule has 2 aromatic rings. The van der Waals surface area contributed by atoms with Crippen molar-refractivity contribution in [1.82, 2.24) is 0 Å². The maximum Gasteiger partial charge on any atom is 0.573 e. The highest BCUT2D eigenvalue weighted by Crippen LogP contribution is 2.31. The molecule has 0 amide bonds. The number of ketones is 1. The van der Waals surface area contributed by atoms with Crippen molar-refractivity contribution in [3.05, 3.63) is 48.0 Å². The van der Waals surface area contributed by atoms with Crippen LogP contribution < -0.4 is 9.47 Å². The quantitative estimate of drug-likeness (QED) is 0.833. The molecule has 1 aliphatic heterocycles. The summed E-state index contributed by atoms with van der Waals surface area (Å²) in [4.78, 5) is 11.9. The van der Waals surface area contributed by atoms with E-state index in [0.29, 0.717) is 29.9 Å². The minimum atomic E-state index is -4.71. The Labute approximate surface area is 124 Å². The number of carbonyl (C=O) groups is 1. The van der Waals surface area contributed by atoms with E-state index < -0.39 is 6.36 Å². The van der Waals surface area contributed by atoms with Gasteiger partial charge in [0.15, 0.2) is 5.78 Å². The number of alkyl halides is 3. The summed E-state index contributed by atoms with van der Waals surface area (Å²) < 4.78 is 45.6. The Morgan fingerprint density at radius 1 is 1.00 bits per heavy atom. The van der Waals surface area contributed by atoms with Gasteiger partial charge in [-0.3, -0.25) is 4.79 Å². The summed E-state index contributed by atoms with van der Waals surface area (Å²) >= 11 is 0. The first-order valence-electron chi connectivity index (χ1n) is 6.59. The number of hydrogen-bond donors (Lipinski definition) is 0. The van der Waals surface area contributed by atoms with Crippen LogP contribution in [0.25, 0.3) is 11.1 Å². The summed E-state index contributed by atoms with van der Waals surface area (Å²) in [6.07, 6.45) is -4.38. The lowest BCUT2D eigenvalue weighted by Gasteiger charge is -2.17. The molecule has 0 spiro atoms. The zero-order valence-electron chi connectivity index (χ0n) is 11.3. The normalized spacial score (nSPS) is 14.2. The van der Waals surface area contributed by atoms with Gasteiger partial charge in [-0.2, -0.15) is 0 Å². The first kappa shape index (κ1) is 14.4. The maximum atomic E-state index is 12.1. The van der Waals surface area contributed by atoms with Crippen LogP contribution >= 0.6 is 0 Å². The molecule has 0 bridgehead atoms. The van der Waals surface area contributed by atoms with Crippen LogP contribution in [0.3, 0.4) is 0 Å². The second kappa shape index (κ2) is 5.36. The number of rotatable bonds is 2. The van der Waals surface area contributed by atoms with Gasteiger partial charge in [-0.15, -0.1) is 13.2 Å². The summed E-state index contributed by atoms with van der Waals surface area (Å²) in [7, 11) is 0. The Hall–Kier alpha value is -2.50. The first-order chi connectivity index (χ1) is 10.4. The molecule has 1 heterocycles. The Morgan fingerprint density at radius 3 is 2.36 bits per heavy atom. The number of halogens is 3. The third-order valence-corrected chi connectivity index (χ3v) is 3.29. The van der Waals surface area contributed by atoms with Crippen molar-refractivity contribution in [3.63, 3.8) is 0 Å². The van der Waals surface area contributed by atoms with Gasteiger partial charge in [0, 0.05) is 6.42 Å². The van der Waals surface area contributed by atoms with Crippen LogP contribution in [-0.2, 0) is 0 Å². The van der Waals surface area contributed by atoms with Gasteiger partial charge in [0.25, 0.3) is 0 Å². The molecule has 0 aromatic heterocycles. The van der Waals surface area contributed by atoms with Gasteiger partial charge in [-0.1, -0.05) is 18.2 Å². The zero-order chi connectivity index (χ0) is 15.7. The molecule has 1 aliphatic rings. The van der Waals surface area contributed by atoms with E-state index in [4.69, 9.17) is 4.74 Å². The fourth-order valence-corrected chi connectivity index (χ4v) is 2.29. The van der Waals surface area contributed by atoms with Crippen LogP contribution in [0.4, 0.5) is 13.2 Å². The highest BCUT2D eigenvalue weighted by molar-refractivity contribution is 6.00. The lowest BCUT2D eigenvalue weighted by Crippen LogP contribution is -2.17. The van der Waals surface area contributed by atoms with Crippen LogP contribution in [0.15, 0.2) is 42.5 Å². The Balaban J connectivity index is 1.88. The van der Waals surface area contributed by atoms with Crippen molar-refractivity contribution in [2.75, 3.05) is 6.61 Å². The molecular formula is C16H11F3O3. The first-order valence-corrected chi connectivity index (χ1v) is 6.59. The Kier molecular flexibility index (Phi) is 3.52. The molecular weight excluding hydrogens is 297 g/mol. The van der Waals surface area contributed by atoms with Crippen LogP contribution in [0, 0.1) is 0 Å². The molecule has 0 saturated heterocycles. The van der Waals surface area contributed by atoms with E-state index in [1.807, 2.05) is 0 Å². The van der Waals surface area contributed by atoms with Crippen molar-refractivity contribution in [1.29, 1.82) is 0 Å². The van der Waals surface area contributed by atoms with Crippen LogP contribution in [0.5, 0.6) is 11.5 Å². The van der Waals surface area contributed by atoms with Crippen molar-refractivity contribution in [3.8, 4) is 22.6 Å².